The van der Waals surface area contributed by atoms with Crippen LogP contribution in [0.15, 0.2) is 18.2 Å². The minimum Gasteiger partial charge on any atom is -0.480 e. The Labute approximate surface area is 118 Å². The molecule has 0 bridgehead atoms. The van der Waals surface area contributed by atoms with Gasteiger partial charge in [-0.25, -0.2) is 0 Å². The van der Waals surface area contributed by atoms with E-state index in [4.69, 9.17) is 5.11 Å². The Kier molecular flexibility index (Phi) is 3.83. The number of aromatic nitrogens is 2. The van der Waals surface area contributed by atoms with Gasteiger partial charge < -0.3 is 10.0 Å². The maximum atomic E-state index is 12.3. The van der Waals surface area contributed by atoms with Crippen molar-refractivity contribution in [2.24, 2.45) is 0 Å². The van der Waals surface area contributed by atoms with Gasteiger partial charge in [0.2, 0.25) is 0 Å². The second-order valence-electron chi connectivity index (χ2n) is 4.27. The molecular formula is C12H12N4O5. The third-order valence-electron chi connectivity index (χ3n) is 2.95. The predicted molar refractivity (Wildman–Crippen MR) is 72.0 cm³/mol. The number of H-pyrrole nitrogens is 1. The molecule has 9 heteroatoms. The van der Waals surface area contributed by atoms with Gasteiger partial charge in [-0.15, -0.1) is 0 Å². The summed E-state index contributed by atoms with van der Waals surface area (Å²) in [7, 11) is 0. The van der Waals surface area contributed by atoms with E-state index in [9.17, 15) is 19.7 Å². The lowest BCUT2D eigenvalue weighted by atomic mass is 10.1. The number of nitro benzene ring substituents is 1. The summed E-state index contributed by atoms with van der Waals surface area (Å²) in [6.07, 6.45) is 0. The number of carbonyl (C=O) groups excluding carboxylic acids is 1. The van der Waals surface area contributed by atoms with E-state index in [1.54, 1.807) is 6.92 Å². The highest BCUT2D eigenvalue weighted by atomic mass is 16.6. The first kappa shape index (κ1) is 14.4. The van der Waals surface area contributed by atoms with Crippen molar-refractivity contribution in [2.45, 2.75) is 6.92 Å². The highest BCUT2D eigenvalue weighted by Crippen LogP contribution is 2.23. The fourth-order valence-electron chi connectivity index (χ4n) is 1.92. The Morgan fingerprint density at radius 3 is 2.76 bits per heavy atom. The third kappa shape index (κ3) is 2.81. The van der Waals surface area contributed by atoms with Gasteiger partial charge in [0.15, 0.2) is 5.69 Å². The van der Waals surface area contributed by atoms with E-state index in [1.165, 1.54) is 18.2 Å². The predicted octanol–water partition coefficient (Wildman–Crippen LogP) is 1.02. The SMILES string of the molecule is CCN(CC(=O)O)C(=O)c1n[nH]c2ccc([N+](=O)[O-])cc12. The number of hydrogen-bond acceptors (Lipinski definition) is 5. The number of non-ortho nitro benzene ring substituents is 1. The summed E-state index contributed by atoms with van der Waals surface area (Å²) in [6, 6.07) is 3.98. The number of hydrogen-bond donors (Lipinski definition) is 2. The van der Waals surface area contributed by atoms with Crippen molar-refractivity contribution in [3.8, 4) is 0 Å². The number of benzene rings is 1. The average Bonchev–Trinajstić information content (AvgIpc) is 2.86. The van der Waals surface area contributed by atoms with Crippen molar-refractivity contribution in [2.75, 3.05) is 13.1 Å². The number of aliphatic carboxylic acids is 1. The fraction of sp³-hybridized carbons (Fsp3) is 0.250. The first-order chi connectivity index (χ1) is 9.93. The molecule has 0 aliphatic carbocycles. The standard InChI is InChI=1S/C12H12N4O5/c1-2-15(6-10(17)18)12(19)11-8-5-7(16(20)21)3-4-9(8)13-14-11/h3-5H,2,6H2,1H3,(H,13,14)(H,17,18). The molecule has 2 rings (SSSR count). The molecule has 1 amide bonds. The van der Waals surface area contributed by atoms with Gasteiger partial charge in [-0.2, -0.15) is 5.10 Å². The summed E-state index contributed by atoms with van der Waals surface area (Å²) in [5, 5.41) is 26.3. The monoisotopic (exact) mass is 292 g/mol. The summed E-state index contributed by atoms with van der Waals surface area (Å²) in [4.78, 5) is 34.3. The minimum atomic E-state index is -1.14. The largest absolute Gasteiger partial charge is 0.480 e. The quantitative estimate of drug-likeness (QED) is 0.625. The van der Waals surface area contributed by atoms with Crippen LogP contribution in [-0.4, -0.2) is 50.1 Å². The van der Waals surface area contributed by atoms with Crippen molar-refractivity contribution < 1.29 is 19.6 Å². The maximum Gasteiger partial charge on any atom is 0.323 e. The van der Waals surface area contributed by atoms with Crippen LogP contribution in [0.2, 0.25) is 0 Å². The van der Waals surface area contributed by atoms with Crippen LogP contribution in [0.4, 0.5) is 5.69 Å². The molecule has 0 aliphatic heterocycles. The van der Waals surface area contributed by atoms with Crippen molar-refractivity contribution in [3.63, 3.8) is 0 Å². The van der Waals surface area contributed by atoms with E-state index in [2.05, 4.69) is 10.2 Å². The van der Waals surface area contributed by atoms with Crippen LogP contribution in [0.25, 0.3) is 10.9 Å². The van der Waals surface area contributed by atoms with Crippen LogP contribution < -0.4 is 0 Å². The van der Waals surface area contributed by atoms with Gasteiger partial charge in [-0.05, 0) is 13.0 Å². The van der Waals surface area contributed by atoms with Gasteiger partial charge in [0.05, 0.1) is 10.4 Å². The lowest BCUT2D eigenvalue weighted by Crippen LogP contribution is -2.35. The van der Waals surface area contributed by atoms with Gasteiger partial charge in [-0.3, -0.25) is 24.8 Å². The lowest BCUT2D eigenvalue weighted by Gasteiger charge is -2.17. The van der Waals surface area contributed by atoms with Crippen LogP contribution >= 0.6 is 0 Å². The topological polar surface area (TPSA) is 129 Å². The third-order valence-corrected chi connectivity index (χ3v) is 2.95. The van der Waals surface area contributed by atoms with E-state index in [0.717, 1.165) is 4.90 Å². The van der Waals surface area contributed by atoms with E-state index < -0.39 is 23.3 Å². The van der Waals surface area contributed by atoms with Crippen LogP contribution in [0.1, 0.15) is 17.4 Å². The number of carboxylic acid groups (broad SMARTS) is 1. The molecule has 1 aromatic carbocycles. The lowest BCUT2D eigenvalue weighted by molar-refractivity contribution is -0.384. The number of nitrogens with zero attached hydrogens (tertiary/aromatic N) is 3. The molecular weight excluding hydrogens is 280 g/mol. The summed E-state index contributed by atoms with van der Waals surface area (Å²) >= 11 is 0. The molecule has 0 atom stereocenters. The van der Waals surface area contributed by atoms with E-state index in [0.29, 0.717) is 5.52 Å². The first-order valence-electron chi connectivity index (χ1n) is 6.07. The number of fused-ring (bicyclic) bond motifs is 1. The zero-order valence-corrected chi connectivity index (χ0v) is 11.1. The zero-order valence-electron chi connectivity index (χ0n) is 11.1. The summed E-state index contributed by atoms with van der Waals surface area (Å²) in [6.45, 7) is 1.37. The zero-order chi connectivity index (χ0) is 15.6. The Morgan fingerprint density at radius 1 is 1.48 bits per heavy atom. The second-order valence-corrected chi connectivity index (χ2v) is 4.27. The summed E-state index contributed by atoms with van der Waals surface area (Å²) < 4.78 is 0. The van der Waals surface area contributed by atoms with Crippen LogP contribution in [0, 0.1) is 10.1 Å². The second kappa shape index (κ2) is 5.57. The van der Waals surface area contributed by atoms with Crippen molar-refractivity contribution in [3.05, 3.63) is 34.0 Å². The van der Waals surface area contributed by atoms with Gasteiger partial charge >= 0.3 is 5.97 Å². The Morgan fingerprint density at radius 2 is 2.19 bits per heavy atom. The minimum absolute atomic E-state index is 0.0307. The van der Waals surface area contributed by atoms with Gasteiger partial charge in [0.1, 0.15) is 6.54 Å². The molecule has 0 fully saturated rings. The number of amides is 1. The normalized spacial score (nSPS) is 10.5. The molecule has 1 heterocycles. The van der Waals surface area contributed by atoms with Gasteiger partial charge in [0.25, 0.3) is 11.6 Å². The Hall–Kier alpha value is -2.97. The molecule has 0 spiro atoms. The smallest absolute Gasteiger partial charge is 0.323 e. The molecule has 0 saturated heterocycles. The molecule has 0 aliphatic rings. The van der Waals surface area contributed by atoms with Crippen LogP contribution in [-0.2, 0) is 4.79 Å². The summed E-state index contributed by atoms with van der Waals surface area (Å²) in [5.41, 5.74) is 0.270. The number of nitrogens with one attached hydrogen (secondary N) is 1. The fourth-order valence-corrected chi connectivity index (χ4v) is 1.92. The molecule has 0 unspecified atom stereocenters. The number of aromatic amines is 1. The number of rotatable bonds is 5. The number of carbonyl (C=O) groups is 2. The molecule has 21 heavy (non-hydrogen) atoms. The number of nitro groups is 1. The van der Waals surface area contributed by atoms with E-state index in [1.807, 2.05) is 0 Å². The number of likely N-dealkylation sites (N-methyl/N-ethyl adjacent to an activating group) is 1. The molecule has 110 valence electrons. The van der Waals surface area contributed by atoms with Crippen molar-refractivity contribution in [1.82, 2.24) is 15.1 Å². The highest BCUT2D eigenvalue weighted by Gasteiger charge is 2.23. The number of carboxylic acids is 1. The molecule has 2 aromatic rings. The molecule has 0 radical (unpaired) electrons. The average molecular weight is 292 g/mol. The molecule has 1 aromatic heterocycles. The van der Waals surface area contributed by atoms with E-state index >= 15 is 0 Å². The van der Waals surface area contributed by atoms with E-state index in [-0.39, 0.29) is 23.3 Å². The van der Waals surface area contributed by atoms with Gasteiger partial charge in [-0.1, -0.05) is 0 Å². The van der Waals surface area contributed by atoms with Crippen LogP contribution in [0.3, 0.4) is 0 Å². The first-order valence-corrected chi connectivity index (χ1v) is 6.07. The Bertz CT molecular complexity index is 724. The molecule has 9 nitrogen and oxygen atoms in total. The van der Waals surface area contributed by atoms with Gasteiger partial charge in [0, 0.05) is 24.1 Å². The van der Waals surface area contributed by atoms with Crippen LogP contribution in [0.5, 0.6) is 0 Å². The molecule has 2 N–H and O–H groups in total. The molecule has 0 saturated carbocycles. The van der Waals surface area contributed by atoms with Crippen molar-refractivity contribution >= 4 is 28.5 Å². The maximum absolute atomic E-state index is 12.3. The highest BCUT2D eigenvalue weighted by molar-refractivity contribution is 6.05. The van der Waals surface area contributed by atoms with Crippen molar-refractivity contribution in [1.29, 1.82) is 0 Å². The Balaban J connectivity index is 2.45. The summed E-state index contributed by atoms with van der Waals surface area (Å²) in [5.74, 6) is -1.73.